The fraction of sp³-hybridized carbons (Fsp3) is 0.300. The van der Waals surface area contributed by atoms with Crippen molar-refractivity contribution in [2.24, 2.45) is 5.73 Å². The molecule has 13 heavy (non-hydrogen) atoms. The van der Waals surface area contributed by atoms with Crippen LogP contribution in [0.25, 0.3) is 0 Å². The fourth-order valence-electron chi connectivity index (χ4n) is 1.00. The van der Waals surface area contributed by atoms with Gasteiger partial charge in [0.15, 0.2) is 0 Å². The van der Waals surface area contributed by atoms with E-state index in [2.05, 4.69) is 39.1 Å². The predicted molar refractivity (Wildman–Crippen MR) is 58.5 cm³/mol. The zero-order valence-electron chi connectivity index (χ0n) is 7.41. The van der Waals surface area contributed by atoms with Gasteiger partial charge >= 0.3 is 0 Å². The maximum absolute atomic E-state index is 5.36. The molecule has 1 heterocycles. The highest BCUT2D eigenvalue weighted by Crippen LogP contribution is 2.10. The molecule has 70 valence electrons. The van der Waals surface area contributed by atoms with Crippen LogP contribution in [0.3, 0.4) is 0 Å². The summed E-state index contributed by atoms with van der Waals surface area (Å²) >= 11 is 3.38. The van der Waals surface area contributed by atoms with Crippen LogP contribution in [0, 0.1) is 0 Å². The molecule has 0 atom stereocenters. The molecule has 3 heteroatoms. The summed E-state index contributed by atoms with van der Waals surface area (Å²) in [6, 6.07) is 2.07. The van der Waals surface area contributed by atoms with Gasteiger partial charge in [-0.25, -0.2) is 0 Å². The van der Waals surface area contributed by atoms with Gasteiger partial charge in [0.25, 0.3) is 0 Å². The summed E-state index contributed by atoms with van der Waals surface area (Å²) in [6.07, 6.45) is 9.75. The molecule has 0 aromatic carbocycles. The Bertz CT molecular complexity index is 284. The highest BCUT2D eigenvalue weighted by molar-refractivity contribution is 9.10. The van der Waals surface area contributed by atoms with Crippen molar-refractivity contribution >= 4 is 15.9 Å². The van der Waals surface area contributed by atoms with Crippen molar-refractivity contribution in [1.29, 1.82) is 0 Å². The highest BCUT2D eigenvalue weighted by Gasteiger charge is 1.90. The second-order valence-corrected chi connectivity index (χ2v) is 3.68. The van der Waals surface area contributed by atoms with Crippen molar-refractivity contribution in [2.45, 2.75) is 12.8 Å². The van der Waals surface area contributed by atoms with Crippen LogP contribution in [0.2, 0.25) is 0 Å². The lowest BCUT2D eigenvalue weighted by atomic mass is 10.2. The van der Waals surface area contributed by atoms with Crippen LogP contribution < -0.4 is 5.73 Å². The van der Waals surface area contributed by atoms with E-state index in [4.69, 9.17) is 5.73 Å². The number of rotatable bonds is 4. The second-order valence-electron chi connectivity index (χ2n) is 2.76. The van der Waals surface area contributed by atoms with Gasteiger partial charge < -0.3 is 5.73 Å². The van der Waals surface area contributed by atoms with Gasteiger partial charge in [0.05, 0.1) is 0 Å². The molecule has 1 rings (SSSR count). The van der Waals surface area contributed by atoms with Gasteiger partial charge in [0.2, 0.25) is 0 Å². The standard InChI is InChI=1S/C10H13BrN2/c11-10-6-9(7-13-8-10)4-2-1-3-5-12/h1-2,6-8H,3-5,12H2/b2-1+. The van der Waals surface area contributed by atoms with E-state index in [0.717, 1.165) is 17.3 Å². The van der Waals surface area contributed by atoms with Crippen LogP contribution in [0.5, 0.6) is 0 Å². The monoisotopic (exact) mass is 240 g/mol. The molecule has 0 saturated heterocycles. The minimum Gasteiger partial charge on any atom is -0.330 e. The first-order valence-electron chi connectivity index (χ1n) is 4.27. The van der Waals surface area contributed by atoms with Crippen LogP contribution in [0.15, 0.2) is 35.1 Å². The molecule has 0 aliphatic carbocycles. The number of hydrogen-bond acceptors (Lipinski definition) is 2. The Labute approximate surface area is 87.0 Å². The predicted octanol–water partition coefficient (Wildman–Crippen LogP) is 2.29. The Hall–Kier alpha value is -0.670. The van der Waals surface area contributed by atoms with Crippen LogP contribution in [-0.2, 0) is 6.42 Å². The largest absolute Gasteiger partial charge is 0.330 e. The molecule has 0 radical (unpaired) electrons. The highest BCUT2D eigenvalue weighted by atomic mass is 79.9. The molecular weight excluding hydrogens is 228 g/mol. The molecular formula is C10H13BrN2. The second kappa shape index (κ2) is 5.89. The average molecular weight is 241 g/mol. The third-order valence-electron chi connectivity index (χ3n) is 1.62. The minimum absolute atomic E-state index is 0.716. The summed E-state index contributed by atoms with van der Waals surface area (Å²) < 4.78 is 1.03. The van der Waals surface area contributed by atoms with Crippen LogP contribution in [0.1, 0.15) is 12.0 Å². The lowest BCUT2D eigenvalue weighted by Crippen LogP contribution is -1.95. The summed E-state index contributed by atoms with van der Waals surface area (Å²) in [7, 11) is 0. The minimum atomic E-state index is 0.716. The van der Waals surface area contributed by atoms with Crippen LogP contribution in [-0.4, -0.2) is 11.5 Å². The maximum Gasteiger partial charge on any atom is 0.0410 e. The number of pyridine rings is 1. The van der Waals surface area contributed by atoms with Crippen molar-refractivity contribution in [2.75, 3.05) is 6.54 Å². The third-order valence-corrected chi connectivity index (χ3v) is 2.05. The molecule has 0 amide bonds. The van der Waals surface area contributed by atoms with E-state index >= 15 is 0 Å². The molecule has 0 aliphatic rings. The lowest BCUT2D eigenvalue weighted by Gasteiger charge is -1.95. The van der Waals surface area contributed by atoms with Gasteiger partial charge in [-0.1, -0.05) is 12.2 Å². The molecule has 0 bridgehead atoms. The van der Waals surface area contributed by atoms with Crippen molar-refractivity contribution in [3.8, 4) is 0 Å². The van der Waals surface area contributed by atoms with Gasteiger partial charge in [-0.2, -0.15) is 0 Å². The quantitative estimate of drug-likeness (QED) is 0.821. The van der Waals surface area contributed by atoms with Gasteiger partial charge in [0.1, 0.15) is 0 Å². The van der Waals surface area contributed by atoms with Crippen LogP contribution in [0.4, 0.5) is 0 Å². The molecule has 2 N–H and O–H groups in total. The van der Waals surface area contributed by atoms with E-state index in [1.165, 1.54) is 5.56 Å². The summed E-state index contributed by atoms with van der Waals surface area (Å²) in [5, 5.41) is 0. The Balaban J connectivity index is 2.45. The summed E-state index contributed by atoms with van der Waals surface area (Å²) in [5.74, 6) is 0. The molecule has 0 spiro atoms. The molecule has 0 saturated carbocycles. The summed E-state index contributed by atoms with van der Waals surface area (Å²) in [4.78, 5) is 4.08. The zero-order chi connectivity index (χ0) is 9.52. The van der Waals surface area contributed by atoms with E-state index in [-0.39, 0.29) is 0 Å². The molecule has 1 aromatic rings. The van der Waals surface area contributed by atoms with Crippen molar-refractivity contribution in [3.05, 3.63) is 40.6 Å². The van der Waals surface area contributed by atoms with Gasteiger partial charge in [0, 0.05) is 16.9 Å². The van der Waals surface area contributed by atoms with Crippen LogP contribution >= 0.6 is 15.9 Å². The van der Waals surface area contributed by atoms with Gasteiger partial charge in [-0.15, -0.1) is 0 Å². The van der Waals surface area contributed by atoms with Crippen molar-refractivity contribution < 1.29 is 0 Å². The van der Waals surface area contributed by atoms with E-state index in [9.17, 15) is 0 Å². The Morgan fingerprint density at radius 1 is 1.38 bits per heavy atom. The number of allylic oxidation sites excluding steroid dienone is 1. The fourth-order valence-corrected chi connectivity index (χ4v) is 1.41. The molecule has 1 aromatic heterocycles. The topological polar surface area (TPSA) is 38.9 Å². The van der Waals surface area contributed by atoms with Crippen molar-refractivity contribution in [3.63, 3.8) is 0 Å². The molecule has 2 nitrogen and oxygen atoms in total. The number of hydrogen-bond donors (Lipinski definition) is 1. The number of halogens is 1. The van der Waals surface area contributed by atoms with Gasteiger partial charge in [-0.3, -0.25) is 4.98 Å². The lowest BCUT2D eigenvalue weighted by molar-refractivity contribution is 1.00. The number of aromatic nitrogens is 1. The summed E-state index contributed by atoms with van der Waals surface area (Å²) in [5.41, 5.74) is 6.57. The average Bonchev–Trinajstić information content (AvgIpc) is 2.13. The Kier molecular flexibility index (Phi) is 4.72. The normalized spacial score (nSPS) is 10.9. The molecule has 0 fully saturated rings. The third kappa shape index (κ3) is 4.20. The SMILES string of the molecule is NCC/C=C/Cc1cncc(Br)c1. The first kappa shape index (κ1) is 10.4. The first-order chi connectivity index (χ1) is 6.33. The van der Waals surface area contributed by atoms with E-state index in [0.29, 0.717) is 6.54 Å². The first-order valence-corrected chi connectivity index (χ1v) is 5.06. The molecule has 0 unspecified atom stereocenters. The van der Waals surface area contributed by atoms with E-state index < -0.39 is 0 Å². The van der Waals surface area contributed by atoms with E-state index in [1.54, 1.807) is 6.20 Å². The molecule has 0 aliphatic heterocycles. The maximum atomic E-state index is 5.36. The zero-order valence-corrected chi connectivity index (χ0v) is 9.00. The summed E-state index contributed by atoms with van der Waals surface area (Å²) in [6.45, 7) is 0.716. The smallest absolute Gasteiger partial charge is 0.0410 e. The number of nitrogens with zero attached hydrogens (tertiary/aromatic N) is 1. The van der Waals surface area contributed by atoms with Crippen molar-refractivity contribution in [1.82, 2.24) is 4.98 Å². The van der Waals surface area contributed by atoms with E-state index in [1.807, 2.05) is 6.20 Å². The Morgan fingerprint density at radius 3 is 2.92 bits per heavy atom. The van der Waals surface area contributed by atoms with Gasteiger partial charge in [-0.05, 0) is 46.9 Å². The Morgan fingerprint density at radius 2 is 2.23 bits per heavy atom. The number of nitrogens with two attached hydrogens (primary N) is 1.